The van der Waals surface area contributed by atoms with Crippen molar-refractivity contribution >= 4 is 10.9 Å². The molecule has 0 fully saturated rings. The van der Waals surface area contributed by atoms with Gasteiger partial charge in [-0.05, 0) is 24.1 Å². The molecule has 0 aliphatic carbocycles. The quantitative estimate of drug-likeness (QED) is 0.714. The molecule has 1 aromatic heterocycles. The van der Waals surface area contributed by atoms with Crippen LogP contribution in [0.4, 0.5) is 4.39 Å². The number of fused-ring (bicyclic) bond motifs is 1. The highest BCUT2D eigenvalue weighted by molar-refractivity contribution is 5.81. The van der Waals surface area contributed by atoms with Crippen LogP contribution in [0, 0.1) is 5.82 Å². The Kier molecular flexibility index (Phi) is 1.79. The molecular weight excluding hydrogens is 167 g/mol. The molecule has 1 heterocycles. The normalized spacial score (nSPS) is 11.4. The molecule has 13 heavy (non-hydrogen) atoms. The summed E-state index contributed by atoms with van der Waals surface area (Å²) in [5.41, 5.74) is 1.82. The number of halogens is 1. The topological polar surface area (TPSA) is 28.7 Å². The van der Waals surface area contributed by atoms with E-state index in [4.69, 9.17) is 0 Å². The minimum Gasteiger partial charge on any atom is -0.278 e. The fourth-order valence-corrected chi connectivity index (χ4v) is 1.45. The maximum Gasteiger partial charge on any atom is 0.124 e. The van der Waals surface area contributed by atoms with Crippen LogP contribution in [0.3, 0.4) is 0 Å². The number of nitrogens with one attached hydrogen (secondary N) is 1. The molecule has 2 rings (SSSR count). The maximum absolute atomic E-state index is 12.9. The molecule has 0 aliphatic heterocycles. The number of hydrogen-bond acceptors (Lipinski definition) is 1. The maximum atomic E-state index is 12.9. The monoisotopic (exact) mass is 178 g/mol. The van der Waals surface area contributed by atoms with E-state index in [2.05, 4.69) is 10.2 Å². The Morgan fingerprint density at radius 2 is 2.15 bits per heavy atom. The zero-order chi connectivity index (χ0) is 9.42. The first-order valence-electron chi connectivity index (χ1n) is 4.32. The van der Waals surface area contributed by atoms with Crippen molar-refractivity contribution in [1.82, 2.24) is 10.2 Å². The molecule has 0 saturated carbocycles. The van der Waals surface area contributed by atoms with Crippen molar-refractivity contribution < 1.29 is 4.39 Å². The smallest absolute Gasteiger partial charge is 0.124 e. The predicted molar refractivity (Wildman–Crippen MR) is 50.1 cm³/mol. The van der Waals surface area contributed by atoms with Crippen molar-refractivity contribution in [2.75, 3.05) is 0 Å². The molecule has 0 aliphatic rings. The summed E-state index contributed by atoms with van der Waals surface area (Å²) < 4.78 is 12.9. The second kappa shape index (κ2) is 2.83. The minimum absolute atomic E-state index is 0.212. The summed E-state index contributed by atoms with van der Waals surface area (Å²) in [6, 6.07) is 4.67. The van der Waals surface area contributed by atoms with Crippen LogP contribution in [-0.2, 0) is 0 Å². The lowest BCUT2D eigenvalue weighted by Crippen LogP contribution is -1.87. The Balaban J connectivity index is 2.71. The molecule has 3 heteroatoms. The van der Waals surface area contributed by atoms with Crippen molar-refractivity contribution in [2.45, 2.75) is 19.8 Å². The third kappa shape index (κ3) is 1.30. The molecule has 0 spiro atoms. The first-order valence-corrected chi connectivity index (χ1v) is 4.32. The van der Waals surface area contributed by atoms with Crippen molar-refractivity contribution in [2.24, 2.45) is 0 Å². The Hall–Kier alpha value is -1.38. The highest BCUT2D eigenvalue weighted by Gasteiger charge is 2.09. The summed E-state index contributed by atoms with van der Waals surface area (Å²) in [6.07, 6.45) is 0. The second-order valence-corrected chi connectivity index (χ2v) is 3.45. The molecular formula is C10H11FN2. The van der Waals surface area contributed by atoms with E-state index in [9.17, 15) is 4.39 Å². The average Bonchev–Trinajstić information content (AvgIpc) is 2.46. The molecule has 0 saturated heterocycles. The Morgan fingerprint density at radius 3 is 2.85 bits per heavy atom. The third-order valence-corrected chi connectivity index (χ3v) is 2.10. The molecule has 0 unspecified atom stereocenters. The summed E-state index contributed by atoms with van der Waals surface area (Å²) in [6.45, 7) is 4.08. The van der Waals surface area contributed by atoms with Crippen LogP contribution in [0.2, 0.25) is 0 Å². The van der Waals surface area contributed by atoms with E-state index >= 15 is 0 Å². The number of aromatic amines is 1. The van der Waals surface area contributed by atoms with Gasteiger partial charge in [0.1, 0.15) is 5.82 Å². The van der Waals surface area contributed by atoms with Crippen LogP contribution in [0.5, 0.6) is 0 Å². The lowest BCUT2D eigenvalue weighted by molar-refractivity contribution is 0.629. The minimum atomic E-state index is -0.212. The summed E-state index contributed by atoms with van der Waals surface area (Å²) in [4.78, 5) is 0. The van der Waals surface area contributed by atoms with Gasteiger partial charge in [-0.15, -0.1) is 0 Å². The van der Waals surface area contributed by atoms with Gasteiger partial charge in [-0.2, -0.15) is 5.10 Å². The summed E-state index contributed by atoms with van der Waals surface area (Å²) in [7, 11) is 0. The molecule has 2 nitrogen and oxygen atoms in total. The van der Waals surface area contributed by atoms with Crippen LogP contribution in [0.1, 0.15) is 25.5 Å². The molecule has 0 amide bonds. The van der Waals surface area contributed by atoms with Gasteiger partial charge in [0.2, 0.25) is 0 Å². The zero-order valence-corrected chi connectivity index (χ0v) is 7.63. The number of hydrogen-bond donors (Lipinski definition) is 1. The number of H-pyrrole nitrogens is 1. The largest absolute Gasteiger partial charge is 0.278 e. The van der Waals surface area contributed by atoms with Crippen LogP contribution in [0.15, 0.2) is 18.2 Å². The lowest BCUT2D eigenvalue weighted by Gasteiger charge is -1.99. The summed E-state index contributed by atoms with van der Waals surface area (Å²) >= 11 is 0. The molecule has 1 aromatic carbocycles. The van der Waals surface area contributed by atoms with Gasteiger partial charge in [0.15, 0.2) is 0 Å². The van der Waals surface area contributed by atoms with E-state index in [-0.39, 0.29) is 5.82 Å². The highest BCUT2D eigenvalue weighted by atomic mass is 19.1. The van der Waals surface area contributed by atoms with Gasteiger partial charge in [0.05, 0.1) is 11.2 Å². The van der Waals surface area contributed by atoms with Crippen molar-refractivity contribution in [3.8, 4) is 0 Å². The van der Waals surface area contributed by atoms with Crippen molar-refractivity contribution in [1.29, 1.82) is 0 Å². The second-order valence-electron chi connectivity index (χ2n) is 3.45. The molecule has 0 radical (unpaired) electrons. The van der Waals surface area contributed by atoms with Gasteiger partial charge in [-0.25, -0.2) is 4.39 Å². The van der Waals surface area contributed by atoms with E-state index in [1.54, 1.807) is 6.07 Å². The molecule has 1 N–H and O–H groups in total. The first-order chi connectivity index (χ1) is 6.18. The number of aromatic nitrogens is 2. The standard InChI is InChI=1S/C10H11FN2/c1-6(2)10-8-5-7(11)3-4-9(8)12-13-10/h3-6H,1-2H3,(H,12,13). The molecule has 68 valence electrons. The van der Waals surface area contributed by atoms with Gasteiger partial charge in [0, 0.05) is 5.39 Å². The highest BCUT2D eigenvalue weighted by Crippen LogP contribution is 2.22. The van der Waals surface area contributed by atoms with Gasteiger partial charge in [-0.1, -0.05) is 13.8 Å². The van der Waals surface area contributed by atoms with E-state index < -0.39 is 0 Å². The lowest BCUT2D eigenvalue weighted by atomic mass is 10.1. The predicted octanol–water partition coefficient (Wildman–Crippen LogP) is 2.83. The van der Waals surface area contributed by atoms with Crippen LogP contribution in [0.25, 0.3) is 10.9 Å². The first kappa shape index (κ1) is 8.23. The van der Waals surface area contributed by atoms with E-state index in [1.807, 2.05) is 13.8 Å². The van der Waals surface area contributed by atoms with Crippen molar-refractivity contribution in [3.05, 3.63) is 29.7 Å². The van der Waals surface area contributed by atoms with E-state index in [1.165, 1.54) is 12.1 Å². The molecule has 0 bridgehead atoms. The van der Waals surface area contributed by atoms with E-state index in [0.29, 0.717) is 5.92 Å². The van der Waals surface area contributed by atoms with Crippen molar-refractivity contribution in [3.63, 3.8) is 0 Å². The van der Waals surface area contributed by atoms with Gasteiger partial charge < -0.3 is 0 Å². The molecule has 2 aromatic rings. The summed E-state index contributed by atoms with van der Waals surface area (Å²) in [5.74, 6) is 0.103. The Labute approximate surface area is 75.8 Å². The SMILES string of the molecule is CC(C)c1n[nH]c2ccc(F)cc12. The fraction of sp³-hybridized carbons (Fsp3) is 0.300. The number of nitrogens with zero attached hydrogens (tertiary/aromatic N) is 1. The van der Waals surface area contributed by atoms with Crippen LogP contribution < -0.4 is 0 Å². The zero-order valence-electron chi connectivity index (χ0n) is 7.63. The van der Waals surface area contributed by atoms with Gasteiger partial charge in [-0.3, -0.25) is 5.10 Å². The Morgan fingerprint density at radius 1 is 1.38 bits per heavy atom. The third-order valence-electron chi connectivity index (χ3n) is 2.10. The Bertz CT molecular complexity index is 431. The number of rotatable bonds is 1. The van der Waals surface area contributed by atoms with Crippen LogP contribution >= 0.6 is 0 Å². The van der Waals surface area contributed by atoms with Gasteiger partial charge in [0.25, 0.3) is 0 Å². The number of benzene rings is 1. The average molecular weight is 178 g/mol. The fourth-order valence-electron chi connectivity index (χ4n) is 1.45. The van der Waals surface area contributed by atoms with Crippen LogP contribution in [-0.4, -0.2) is 10.2 Å². The van der Waals surface area contributed by atoms with E-state index in [0.717, 1.165) is 16.6 Å². The molecule has 0 atom stereocenters. The van der Waals surface area contributed by atoms with Gasteiger partial charge >= 0.3 is 0 Å². The summed E-state index contributed by atoms with van der Waals surface area (Å²) in [5, 5.41) is 7.91.